The molecule has 0 amide bonds. The number of allylic oxidation sites excluding steroid dienone is 4. The first-order valence-corrected chi connectivity index (χ1v) is 10.7. The van der Waals surface area contributed by atoms with E-state index in [0.29, 0.717) is 11.8 Å². The van der Waals surface area contributed by atoms with Crippen LogP contribution in [0, 0.1) is 12.8 Å². The Labute approximate surface area is 174 Å². The van der Waals surface area contributed by atoms with Gasteiger partial charge in [-0.05, 0) is 51.8 Å². The maximum absolute atomic E-state index is 2.48. The van der Waals surface area contributed by atoms with Crippen LogP contribution in [0.25, 0.3) is 16.7 Å². The van der Waals surface area contributed by atoms with Crippen molar-refractivity contribution in [1.29, 1.82) is 0 Å². The van der Waals surface area contributed by atoms with Crippen molar-refractivity contribution in [1.82, 2.24) is 0 Å². The quantitative estimate of drug-likeness (QED) is 0.430. The van der Waals surface area contributed by atoms with Crippen molar-refractivity contribution < 1.29 is 0 Å². The molecule has 2 atom stereocenters. The molecule has 0 radical (unpaired) electrons. The van der Waals surface area contributed by atoms with E-state index >= 15 is 0 Å². The van der Waals surface area contributed by atoms with Gasteiger partial charge >= 0.3 is 0 Å². The van der Waals surface area contributed by atoms with Crippen LogP contribution in [0.15, 0.2) is 85.0 Å². The summed E-state index contributed by atoms with van der Waals surface area (Å²) < 4.78 is 0. The van der Waals surface area contributed by atoms with Crippen LogP contribution < -0.4 is 0 Å². The van der Waals surface area contributed by atoms with Crippen molar-refractivity contribution >= 4 is 5.57 Å². The zero-order valence-corrected chi connectivity index (χ0v) is 17.7. The van der Waals surface area contributed by atoms with Gasteiger partial charge < -0.3 is 0 Å². The molecule has 0 saturated carbocycles. The molecule has 5 rings (SSSR count). The summed E-state index contributed by atoms with van der Waals surface area (Å²) in [5, 5.41) is 0. The Balaban J connectivity index is 1.59. The molecule has 2 aliphatic carbocycles. The summed E-state index contributed by atoms with van der Waals surface area (Å²) in [6.07, 6.45) is 7.11. The van der Waals surface area contributed by atoms with Crippen LogP contribution in [0.3, 0.4) is 0 Å². The smallest absolute Gasteiger partial charge is 0.0159 e. The van der Waals surface area contributed by atoms with Gasteiger partial charge in [-0.2, -0.15) is 0 Å². The Bertz CT molecular complexity index is 1140. The third kappa shape index (κ3) is 2.90. The number of benzene rings is 3. The molecule has 0 spiro atoms. The van der Waals surface area contributed by atoms with E-state index in [2.05, 4.69) is 113 Å². The van der Waals surface area contributed by atoms with E-state index in [1.807, 2.05) is 0 Å². The minimum atomic E-state index is 0.0480. The zero-order chi connectivity index (χ0) is 20.2. The van der Waals surface area contributed by atoms with Crippen LogP contribution in [0.2, 0.25) is 0 Å². The number of aryl methyl sites for hydroxylation is 1. The second-order valence-corrected chi connectivity index (χ2v) is 9.21. The molecule has 0 fully saturated rings. The topological polar surface area (TPSA) is 0 Å². The third-order valence-corrected chi connectivity index (χ3v) is 6.85. The van der Waals surface area contributed by atoms with E-state index in [1.165, 1.54) is 44.5 Å². The molecular formula is C29H28. The standard InChI is InChI=1S/C29H28/c1-19-10-14-24-25-15-13-23(18-28(25)29(3,4)27(24)16-19)26-17-22(12-11-20(26)2)21-8-6-5-7-9-21/h5-18,20,26H,1-4H3. The molecule has 0 N–H and O–H groups in total. The average Bonchev–Trinajstić information content (AvgIpc) is 2.95. The molecule has 0 aromatic heterocycles. The van der Waals surface area contributed by atoms with Gasteiger partial charge in [-0.15, -0.1) is 0 Å². The lowest BCUT2D eigenvalue weighted by atomic mass is 9.77. The summed E-state index contributed by atoms with van der Waals surface area (Å²) in [4.78, 5) is 0. The van der Waals surface area contributed by atoms with Crippen molar-refractivity contribution in [2.75, 3.05) is 0 Å². The molecule has 0 nitrogen and oxygen atoms in total. The van der Waals surface area contributed by atoms with Gasteiger partial charge in [-0.3, -0.25) is 0 Å². The van der Waals surface area contributed by atoms with E-state index in [1.54, 1.807) is 0 Å². The Morgan fingerprint density at radius 1 is 0.793 bits per heavy atom. The number of fused-ring (bicyclic) bond motifs is 3. The van der Waals surface area contributed by atoms with Crippen LogP contribution in [0.4, 0.5) is 0 Å². The van der Waals surface area contributed by atoms with E-state index in [0.717, 1.165) is 0 Å². The van der Waals surface area contributed by atoms with E-state index in [9.17, 15) is 0 Å². The molecule has 0 heteroatoms. The SMILES string of the molecule is Cc1ccc2c(c1)C(C)(C)c1cc(C3C=C(c4ccccc4)C=CC3C)ccc1-2. The fraction of sp³-hybridized carbons (Fsp3) is 0.241. The van der Waals surface area contributed by atoms with Crippen molar-refractivity contribution in [3.05, 3.63) is 113 Å². The first-order chi connectivity index (χ1) is 13.9. The lowest BCUT2D eigenvalue weighted by Gasteiger charge is -2.27. The van der Waals surface area contributed by atoms with Crippen molar-refractivity contribution in [2.24, 2.45) is 5.92 Å². The molecule has 2 aliphatic rings. The highest BCUT2D eigenvalue weighted by Crippen LogP contribution is 2.50. The Hall–Kier alpha value is -2.86. The summed E-state index contributed by atoms with van der Waals surface area (Å²) in [7, 11) is 0. The van der Waals surface area contributed by atoms with Gasteiger partial charge in [0.1, 0.15) is 0 Å². The van der Waals surface area contributed by atoms with Gasteiger partial charge in [0.15, 0.2) is 0 Å². The predicted octanol–water partition coefficient (Wildman–Crippen LogP) is 7.67. The highest BCUT2D eigenvalue weighted by atomic mass is 14.4. The Kier molecular flexibility index (Phi) is 4.13. The summed E-state index contributed by atoms with van der Waals surface area (Å²) >= 11 is 0. The lowest BCUT2D eigenvalue weighted by Crippen LogP contribution is -2.16. The largest absolute Gasteiger partial charge is 0.0802 e. The molecule has 3 aromatic rings. The van der Waals surface area contributed by atoms with Crippen LogP contribution in [0.1, 0.15) is 54.5 Å². The third-order valence-electron chi connectivity index (χ3n) is 6.85. The second kappa shape index (κ2) is 6.59. The van der Waals surface area contributed by atoms with Gasteiger partial charge in [-0.1, -0.05) is 111 Å². The molecule has 0 bridgehead atoms. The van der Waals surface area contributed by atoms with E-state index in [-0.39, 0.29) is 5.41 Å². The summed E-state index contributed by atoms with van der Waals surface area (Å²) in [5.74, 6) is 0.899. The average molecular weight is 377 g/mol. The highest BCUT2D eigenvalue weighted by molar-refractivity contribution is 5.82. The maximum Gasteiger partial charge on any atom is 0.0159 e. The molecule has 29 heavy (non-hydrogen) atoms. The first kappa shape index (κ1) is 18.2. The number of hydrogen-bond donors (Lipinski definition) is 0. The monoisotopic (exact) mass is 376 g/mol. The fourth-order valence-corrected chi connectivity index (χ4v) is 5.08. The first-order valence-electron chi connectivity index (χ1n) is 10.7. The number of hydrogen-bond acceptors (Lipinski definition) is 0. The summed E-state index contributed by atoms with van der Waals surface area (Å²) in [6, 6.07) is 24.8. The van der Waals surface area contributed by atoms with Gasteiger partial charge in [-0.25, -0.2) is 0 Å². The number of rotatable bonds is 2. The molecule has 144 valence electrons. The van der Waals surface area contributed by atoms with Crippen molar-refractivity contribution in [3.8, 4) is 11.1 Å². The van der Waals surface area contributed by atoms with E-state index < -0.39 is 0 Å². The summed E-state index contributed by atoms with van der Waals surface area (Å²) in [5.41, 5.74) is 11.2. The molecule has 0 aliphatic heterocycles. The maximum atomic E-state index is 2.48. The minimum absolute atomic E-state index is 0.0480. The molecule has 3 aromatic carbocycles. The lowest BCUT2D eigenvalue weighted by molar-refractivity contribution is 0.628. The predicted molar refractivity (Wildman–Crippen MR) is 124 cm³/mol. The molecule has 0 heterocycles. The van der Waals surface area contributed by atoms with Crippen LogP contribution in [-0.2, 0) is 5.41 Å². The molecule has 2 unspecified atom stereocenters. The minimum Gasteiger partial charge on any atom is -0.0802 e. The second-order valence-electron chi connectivity index (χ2n) is 9.21. The van der Waals surface area contributed by atoms with Gasteiger partial charge in [0.2, 0.25) is 0 Å². The van der Waals surface area contributed by atoms with Crippen molar-refractivity contribution in [2.45, 2.75) is 39.0 Å². The molecular weight excluding hydrogens is 348 g/mol. The van der Waals surface area contributed by atoms with Gasteiger partial charge in [0.05, 0.1) is 0 Å². The van der Waals surface area contributed by atoms with Crippen molar-refractivity contribution in [3.63, 3.8) is 0 Å². The van der Waals surface area contributed by atoms with Crippen LogP contribution in [0.5, 0.6) is 0 Å². The zero-order valence-electron chi connectivity index (χ0n) is 17.7. The Morgan fingerprint density at radius 3 is 2.24 bits per heavy atom. The van der Waals surface area contributed by atoms with Gasteiger partial charge in [0, 0.05) is 11.3 Å². The molecule has 0 saturated heterocycles. The van der Waals surface area contributed by atoms with Gasteiger partial charge in [0.25, 0.3) is 0 Å². The highest BCUT2D eigenvalue weighted by Gasteiger charge is 2.36. The normalized spacial score (nSPS) is 21.4. The summed E-state index contributed by atoms with van der Waals surface area (Å²) in [6.45, 7) is 9.26. The van der Waals surface area contributed by atoms with Crippen LogP contribution in [-0.4, -0.2) is 0 Å². The van der Waals surface area contributed by atoms with Crippen LogP contribution >= 0.6 is 0 Å². The fourth-order valence-electron chi connectivity index (χ4n) is 5.08. The Morgan fingerprint density at radius 2 is 1.48 bits per heavy atom. The van der Waals surface area contributed by atoms with E-state index in [4.69, 9.17) is 0 Å².